The highest BCUT2D eigenvalue weighted by molar-refractivity contribution is 7.14. The van der Waals surface area contributed by atoms with Crippen LogP contribution in [0.4, 0.5) is 0 Å². The van der Waals surface area contributed by atoms with Gasteiger partial charge in [0.1, 0.15) is 4.88 Å². The van der Waals surface area contributed by atoms with Crippen LogP contribution in [0.3, 0.4) is 0 Å². The number of aryl methyl sites for hydroxylation is 2. The summed E-state index contributed by atoms with van der Waals surface area (Å²) in [4.78, 5) is 24.2. The Bertz CT molecular complexity index is 398. The van der Waals surface area contributed by atoms with Crippen molar-refractivity contribution in [2.75, 3.05) is 13.7 Å². The lowest BCUT2D eigenvalue weighted by molar-refractivity contribution is -0.123. The molecule has 0 saturated carbocycles. The zero-order valence-corrected chi connectivity index (χ0v) is 10.4. The molecule has 1 rings (SSSR count). The Morgan fingerprint density at radius 1 is 1.50 bits per heavy atom. The van der Waals surface area contributed by atoms with E-state index in [0.717, 1.165) is 12.0 Å². The maximum absolute atomic E-state index is 11.6. The predicted molar refractivity (Wildman–Crippen MR) is 62.8 cm³/mol. The molecule has 88 valence electrons. The number of nitrogens with one attached hydrogen (secondary N) is 1. The van der Waals surface area contributed by atoms with Crippen molar-refractivity contribution < 1.29 is 14.3 Å². The monoisotopic (exact) mass is 241 g/mol. The summed E-state index contributed by atoms with van der Waals surface area (Å²) in [6.45, 7) is 3.77. The summed E-state index contributed by atoms with van der Waals surface area (Å²) < 4.78 is 4.85. The second-order valence-corrected chi connectivity index (χ2v) is 4.46. The van der Waals surface area contributed by atoms with Gasteiger partial charge in [-0.1, -0.05) is 6.92 Å². The molecule has 0 atom stereocenters. The molecule has 0 aliphatic rings. The van der Waals surface area contributed by atoms with E-state index < -0.39 is 5.97 Å². The molecule has 16 heavy (non-hydrogen) atoms. The van der Waals surface area contributed by atoms with E-state index in [2.05, 4.69) is 5.32 Å². The molecule has 0 radical (unpaired) electrons. The summed E-state index contributed by atoms with van der Waals surface area (Å²) in [6, 6.07) is 1.80. The smallest absolute Gasteiger partial charge is 0.348 e. The Morgan fingerprint density at radius 2 is 2.19 bits per heavy atom. The van der Waals surface area contributed by atoms with E-state index in [0.29, 0.717) is 4.88 Å². The molecule has 0 aliphatic heterocycles. The van der Waals surface area contributed by atoms with Crippen molar-refractivity contribution in [2.45, 2.75) is 20.3 Å². The van der Waals surface area contributed by atoms with Gasteiger partial charge in [0.15, 0.2) is 6.61 Å². The van der Waals surface area contributed by atoms with Gasteiger partial charge in [-0.3, -0.25) is 4.79 Å². The first kappa shape index (κ1) is 12.7. The topological polar surface area (TPSA) is 55.4 Å². The van der Waals surface area contributed by atoms with E-state index >= 15 is 0 Å². The number of thiophene rings is 1. The number of hydrogen-bond donors (Lipinski definition) is 1. The standard InChI is InChI=1S/C11H15NO3S/c1-4-8-7(2)5-9(16-8)11(14)15-6-10(13)12-3/h5H,4,6H2,1-3H3,(H,12,13). The highest BCUT2D eigenvalue weighted by Crippen LogP contribution is 2.22. The van der Waals surface area contributed by atoms with E-state index in [1.165, 1.54) is 23.3 Å². The first-order valence-corrected chi connectivity index (χ1v) is 5.87. The van der Waals surface area contributed by atoms with Gasteiger partial charge in [0, 0.05) is 11.9 Å². The molecule has 0 fully saturated rings. The van der Waals surface area contributed by atoms with E-state index in [9.17, 15) is 9.59 Å². The minimum Gasteiger partial charge on any atom is -0.451 e. The van der Waals surface area contributed by atoms with Gasteiger partial charge in [-0.05, 0) is 25.0 Å². The van der Waals surface area contributed by atoms with Gasteiger partial charge < -0.3 is 10.1 Å². The van der Waals surface area contributed by atoms with E-state index in [1.807, 2.05) is 13.8 Å². The number of hydrogen-bond acceptors (Lipinski definition) is 4. The third kappa shape index (κ3) is 3.06. The van der Waals surface area contributed by atoms with Crippen molar-refractivity contribution in [3.8, 4) is 0 Å². The van der Waals surface area contributed by atoms with Gasteiger partial charge in [-0.15, -0.1) is 11.3 Å². The Morgan fingerprint density at radius 3 is 2.69 bits per heavy atom. The zero-order chi connectivity index (χ0) is 12.1. The normalized spacial score (nSPS) is 9.94. The number of rotatable bonds is 4. The van der Waals surface area contributed by atoms with Crippen LogP contribution in [0.25, 0.3) is 0 Å². The Kier molecular flexibility index (Phi) is 4.49. The van der Waals surface area contributed by atoms with Crippen LogP contribution in [0.15, 0.2) is 6.07 Å². The van der Waals surface area contributed by atoms with Gasteiger partial charge in [-0.25, -0.2) is 4.79 Å². The van der Waals surface area contributed by atoms with Crippen LogP contribution < -0.4 is 5.32 Å². The quantitative estimate of drug-likeness (QED) is 0.813. The largest absolute Gasteiger partial charge is 0.451 e. The third-order valence-electron chi connectivity index (χ3n) is 2.16. The number of likely N-dealkylation sites (N-methyl/N-ethyl adjacent to an activating group) is 1. The predicted octanol–water partition coefficient (Wildman–Crippen LogP) is 1.52. The fourth-order valence-electron chi connectivity index (χ4n) is 1.25. The average Bonchev–Trinajstić information content (AvgIpc) is 2.66. The minimum atomic E-state index is -0.434. The molecule has 1 heterocycles. The number of carbonyl (C=O) groups is 2. The summed E-state index contributed by atoms with van der Waals surface area (Å²) in [7, 11) is 1.50. The third-order valence-corrected chi connectivity index (χ3v) is 3.52. The van der Waals surface area contributed by atoms with E-state index in [4.69, 9.17) is 4.74 Å². The lowest BCUT2D eigenvalue weighted by atomic mass is 10.2. The fraction of sp³-hybridized carbons (Fsp3) is 0.455. The van der Waals surface area contributed by atoms with Gasteiger partial charge in [0.25, 0.3) is 5.91 Å². The van der Waals surface area contributed by atoms with Crippen LogP contribution in [0.5, 0.6) is 0 Å². The summed E-state index contributed by atoms with van der Waals surface area (Å²) >= 11 is 1.42. The van der Waals surface area contributed by atoms with Gasteiger partial charge in [-0.2, -0.15) is 0 Å². The van der Waals surface area contributed by atoms with Gasteiger partial charge in [0.2, 0.25) is 0 Å². The van der Waals surface area contributed by atoms with Crippen molar-refractivity contribution in [1.82, 2.24) is 5.32 Å². The van der Waals surface area contributed by atoms with Crippen LogP contribution in [0.2, 0.25) is 0 Å². The van der Waals surface area contributed by atoms with Crippen LogP contribution >= 0.6 is 11.3 Å². The van der Waals surface area contributed by atoms with E-state index in [1.54, 1.807) is 6.07 Å². The minimum absolute atomic E-state index is 0.228. The maximum atomic E-state index is 11.6. The van der Waals surface area contributed by atoms with Gasteiger partial charge in [0.05, 0.1) is 0 Å². The van der Waals surface area contributed by atoms with Crippen LogP contribution in [-0.2, 0) is 16.0 Å². The maximum Gasteiger partial charge on any atom is 0.348 e. The SMILES string of the molecule is CCc1sc(C(=O)OCC(=O)NC)cc1C. The number of carbonyl (C=O) groups excluding carboxylic acids is 2. The summed E-state index contributed by atoms with van der Waals surface area (Å²) in [5, 5.41) is 2.39. The van der Waals surface area contributed by atoms with Crippen molar-refractivity contribution in [1.29, 1.82) is 0 Å². The highest BCUT2D eigenvalue weighted by Gasteiger charge is 2.13. The number of esters is 1. The molecular weight excluding hydrogens is 226 g/mol. The van der Waals surface area contributed by atoms with Crippen molar-refractivity contribution >= 4 is 23.2 Å². The number of ether oxygens (including phenoxy) is 1. The second-order valence-electron chi connectivity index (χ2n) is 3.32. The molecule has 1 aromatic heterocycles. The molecule has 1 N–H and O–H groups in total. The molecule has 1 aromatic rings. The molecule has 4 nitrogen and oxygen atoms in total. The highest BCUT2D eigenvalue weighted by atomic mass is 32.1. The Labute approximate surface area is 98.6 Å². The average molecular weight is 241 g/mol. The fourth-order valence-corrected chi connectivity index (χ4v) is 2.25. The summed E-state index contributed by atoms with van der Waals surface area (Å²) in [6.07, 6.45) is 0.902. The zero-order valence-electron chi connectivity index (χ0n) is 9.62. The first-order chi connectivity index (χ1) is 7.58. The van der Waals surface area contributed by atoms with Crippen LogP contribution in [0, 0.1) is 6.92 Å². The molecule has 0 spiro atoms. The molecule has 5 heteroatoms. The lowest BCUT2D eigenvalue weighted by Crippen LogP contribution is -2.24. The Hall–Kier alpha value is -1.36. The van der Waals surface area contributed by atoms with Crippen LogP contribution in [-0.4, -0.2) is 25.5 Å². The van der Waals surface area contributed by atoms with Gasteiger partial charge >= 0.3 is 5.97 Å². The van der Waals surface area contributed by atoms with Crippen molar-refractivity contribution in [2.24, 2.45) is 0 Å². The molecule has 1 amide bonds. The molecule has 0 saturated heterocycles. The molecule has 0 aromatic carbocycles. The summed E-state index contributed by atoms with van der Waals surface area (Å²) in [5.74, 6) is -0.742. The number of amides is 1. The first-order valence-electron chi connectivity index (χ1n) is 5.05. The molecule has 0 bridgehead atoms. The molecule has 0 aliphatic carbocycles. The van der Waals surface area contributed by atoms with Crippen molar-refractivity contribution in [3.05, 3.63) is 21.4 Å². The molecule has 0 unspecified atom stereocenters. The Balaban J connectivity index is 2.62. The lowest BCUT2D eigenvalue weighted by Gasteiger charge is -2.01. The molecular formula is C11H15NO3S. The van der Waals surface area contributed by atoms with Crippen molar-refractivity contribution in [3.63, 3.8) is 0 Å². The second kappa shape index (κ2) is 5.65. The summed E-state index contributed by atoms with van der Waals surface area (Å²) in [5.41, 5.74) is 1.10. The van der Waals surface area contributed by atoms with E-state index in [-0.39, 0.29) is 12.5 Å². The van der Waals surface area contributed by atoms with Crippen LogP contribution in [0.1, 0.15) is 27.0 Å².